The summed E-state index contributed by atoms with van der Waals surface area (Å²) in [7, 11) is 0. The van der Waals surface area contributed by atoms with Gasteiger partial charge in [0, 0.05) is 6.42 Å². The SMILES string of the molecule is CCC(=O)Oc1ccccc1.[CaH2]. The van der Waals surface area contributed by atoms with Crippen LogP contribution in [0.5, 0.6) is 5.75 Å². The van der Waals surface area contributed by atoms with E-state index in [0.29, 0.717) is 12.2 Å². The molecule has 12 heavy (non-hydrogen) atoms. The van der Waals surface area contributed by atoms with Gasteiger partial charge in [-0.3, -0.25) is 4.79 Å². The molecular weight excluding hydrogens is 180 g/mol. The number of hydrogen-bond donors (Lipinski definition) is 0. The van der Waals surface area contributed by atoms with Crippen molar-refractivity contribution in [3.63, 3.8) is 0 Å². The number of ether oxygens (including phenoxy) is 1. The van der Waals surface area contributed by atoms with Gasteiger partial charge in [0.05, 0.1) is 0 Å². The molecule has 0 amide bonds. The van der Waals surface area contributed by atoms with Crippen LogP contribution in [-0.4, -0.2) is 43.7 Å². The summed E-state index contributed by atoms with van der Waals surface area (Å²) in [5.74, 6) is 0.413. The molecule has 0 unspecified atom stereocenters. The van der Waals surface area contributed by atoms with Crippen molar-refractivity contribution in [2.75, 3.05) is 0 Å². The topological polar surface area (TPSA) is 26.3 Å². The summed E-state index contributed by atoms with van der Waals surface area (Å²) >= 11 is 0. The molecule has 0 atom stereocenters. The van der Waals surface area contributed by atoms with Crippen LogP contribution in [0.2, 0.25) is 0 Å². The fourth-order valence-electron chi connectivity index (χ4n) is 0.692. The van der Waals surface area contributed by atoms with Gasteiger partial charge >= 0.3 is 43.7 Å². The average molecular weight is 192 g/mol. The average Bonchev–Trinajstić information content (AvgIpc) is 2.06. The van der Waals surface area contributed by atoms with Crippen LogP contribution in [-0.2, 0) is 4.79 Å². The Hall–Kier alpha value is -0.0503. The molecule has 0 radical (unpaired) electrons. The Morgan fingerprint density at radius 3 is 2.42 bits per heavy atom. The van der Waals surface area contributed by atoms with Crippen molar-refractivity contribution in [3.05, 3.63) is 30.3 Å². The summed E-state index contributed by atoms with van der Waals surface area (Å²) in [6, 6.07) is 9.06. The number of para-hydroxylation sites is 1. The number of rotatable bonds is 2. The second-order valence-electron chi connectivity index (χ2n) is 2.14. The number of benzene rings is 1. The molecule has 1 aromatic carbocycles. The molecule has 2 nitrogen and oxygen atoms in total. The van der Waals surface area contributed by atoms with Gasteiger partial charge in [-0.2, -0.15) is 0 Å². The molecular formula is C9H12CaO2. The van der Waals surface area contributed by atoms with Gasteiger partial charge < -0.3 is 4.74 Å². The summed E-state index contributed by atoms with van der Waals surface area (Å²) in [6.07, 6.45) is 0.412. The van der Waals surface area contributed by atoms with Crippen molar-refractivity contribution in [2.24, 2.45) is 0 Å². The van der Waals surface area contributed by atoms with E-state index in [1.807, 2.05) is 18.2 Å². The van der Waals surface area contributed by atoms with E-state index in [1.54, 1.807) is 19.1 Å². The Morgan fingerprint density at radius 1 is 1.33 bits per heavy atom. The first-order chi connectivity index (χ1) is 5.33. The summed E-state index contributed by atoms with van der Waals surface area (Å²) in [5.41, 5.74) is 0. The monoisotopic (exact) mass is 192 g/mol. The van der Waals surface area contributed by atoms with Gasteiger partial charge in [-0.1, -0.05) is 25.1 Å². The molecule has 0 N–H and O–H groups in total. The van der Waals surface area contributed by atoms with Crippen molar-refractivity contribution in [1.29, 1.82) is 0 Å². The van der Waals surface area contributed by atoms with Gasteiger partial charge in [-0.25, -0.2) is 0 Å². The number of carbonyl (C=O) groups is 1. The Morgan fingerprint density at radius 2 is 1.92 bits per heavy atom. The van der Waals surface area contributed by atoms with Crippen LogP contribution in [0.1, 0.15) is 13.3 Å². The minimum absolute atomic E-state index is 0. The standard InChI is InChI=1S/C9H10O2.Ca.2H/c1-2-9(10)11-8-6-4-3-5-7-8;;;/h3-7H,2H2,1H3;;;. The molecule has 0 spiro atoms. The molecule has 3 heteroatoms. The van der Waals surface area contributed by atoms with Crippen LogP contribution in [0.4, 0.5) is 0 Å². The molecule has 1 rings (SSSR count). The zero-order chi connectivity index (χ0) is 8.10. The molecule has 0 saturated heterocycles. The van der Waals surface area contributed by atoms with Crippen molar-refractivity contribution < 1.29 is 9.53 Å². The first kappa shape index (κ1) is 11.9. The van der Waals surface area contributed by atoms with Gasteiger partial charge in [0.25, 0.3) is 0 Å². The second kappa shape index (κ2) is 6.46. The first-order valence-electron chi connectivity index (χ1n) is 3.58. The van der Waals surface area contributed by atoms with Gasteiger partial charge in [0.2, 0.25) is 0 Å². The molecule has 0 fully saturated rings. The molecule has 0 bridgehead atoms. The van der Waals surface area contributed by atoms with Crippen LogP contribution >= 0.6 is 0 Å². The van der Waals surface area contributed by atoms with Crippen molar-refractivity contribution in [1.82, 2.24) is 0 Å². The summed E-state index contributed by atoms with van der Waals surface area (Å²) in [6.45, 7) is 1.77. The van der Waals surface area contributed by atoms with E-state index in [2.05, 4.69) is 0 Å². The van der Waals surface area contributed by atoms with E-state index in [1.165, 1.54) is 0 Å². The van der Waals surface area contributed by atoms with Crippen molar-refractivity contribution in [2.45, 2.75) is 13.3 Å². The van der Waals surface area contributed by atoms with Crippen molar-refractivity contribution >= 4 is 43.7 Å². The third-order valence-corrected chi connectivity index (χ3v) is 1.26. The van der Waals surface area contributed by atoms with Gasteiger partial charge in [0.1, 0.15) is 5.75 Å². The van der Waals surface area contributed by atoms with E-state index in [9.17, 15) is 4.79 Å². The number of esters is 1. The van der Waals surface area contributed by atoms with Crippen LogP contribution in [0.15, 0.2) is 30.3 Å². The molecule has 0 aliphatic heterocycles. The maximum absolute atomic E-state index is 10.8. The first-order valence-corrected chi connectivity index (χ1v) is 3.58. The van der Waals surface area contributed by atoms with E-state index in [-0.39, 0.29) is 43.7 Å². The molecule has 0 aliphatic rings. The summed E-state index contributed by atoms with van der Waals surface area (Å²) in [4.78, 5) is 10.8. The Bertz CT molecular complexity index is 234. The zero-order valence-corrected chi connectivity index (χ0v) is 6.41. The second-order valence-corrected chi connectivity index (χ2v) is 2.14. The molecule has 0 aromatic heterocycles. The maximum atomic E-state index is 10.8. The zero-order valence-electron chi connectivity index (χ0n) is 6.41. The van der Waals surface area contributed by atoms with Crippen LogP contribution in [0.25, 0.3) is 0 Å². The quantitative estimate of drug-likeness (QED) is 0.398. The molecule has 62 valence electrons. The molecule has 0 heterocycles. The van der Waals surface area contributed by atoms with Gasteiger partial charge in [-0.05, 0) is 12.1 Å². The van der Waals surface area contributed by atoms with E-state index < -0.39 is 0 Å². The molecule has 0 saturated carbocycles. The Labute approximate surface area is 102 Å². The summed E-state index contributed by atoms with van der Waals surface area (Å²) < 4.78 is 4.92. The van der Waals surface area contributed by atoms with E-state index in [4.69, 9.17) is 4.74 Å². The summed E-state index contributed by atoms with van der Waals surface area (Å²) in [5, 5.41) is 0. The molecule has 0 aliphatic carbocycles. The van der Waals surface area contributed by atoms with E-state index in [0.717, 1.165) is 0 Å². The normalized spacial score (nSPS) is 8.42. The van der Waals surface area contributed by atoms with Crippen LogP contribution in [0.3, 0.4) is 0 Å². The fourth-order valence-corrected chi connectivity index (χ4v) is 0.692. The van der Waals surface area contributed by atoms with E-state index >= 15 is 0 Å². The van der Waals surface area contributed by atoms with Gasteiger partial charge in [0.15, 0.2) is 0 Å². The minimum atomic E-state index is -0.198. The predicted molar refractivity (Wildman–Crippen MR) is 50.9 cm³/mol. The van der Waals surface area contributed by atoms with Crippen molar-refractivity contribution in [3.8, 4) is 5.75 Å². The Kier molecular flexibility index (Phi) is 6.44. The fraction of sp³-hybridized carbons (Fsp3) is 0.222. The third kappa shape index (κ3) is 4.10. The Balaban J connectivity index is 0.00000121. The third-order valence-electron chi connectivity index (χ3n) is 1.26. The number of hydrogen-bond acceptors (Lipinski definition) is 2. The predicted octanol–water partition coefficient (Wildman–Crippen LogP) is 1.09. The molecule has 1 aromatic rings. The van der Waals surface area contributed by atoms with Crippen LogP contribution < -0.4 is 4.74 Å². The van der Waals surface area contributed by atoms with Crippen LogP contribution in [0, 0.1) is 0 Å². The van der Waals surface area contributed by atoms with Gasteiger partial charge in [-0.15, -0.1) is 0 Å². The number of carbonyl (C=O) groups excluding carboxylic acids is 1.